The van der Waals surface area contributed by atoms with Crippen LogP contribution in [0.1, 0.15) is 33.9 Å². The highest BCUT2D eigenvalue weighted by Crippen LogP contribution is 2.44. The molecule has 8 heteroatoms. The molecule has 158 valence electrons. The van der Waals surface area contributed by atoms with Gasteiger partial charge in [0.15, 0.2) is 0 Å². The molecule has 4 aromatic rings. The maximum Gasteiger partial charge on any atom is 0.417 e. The number of benzene rings is 3. The molecule has 1 heterocycles. The van der Waals surface area contributed by atoms with Crippen LogP contribution in [0.5, 0.6) is 17.4 Å². The van der Waals surface area contributed by atoms with Gasteiger partial charge in [-0.1, -0.05) is 41.7 Å². The van der Waals surface area contributed by atoms with Crippen molar-refractivity contribution < 1.29 is 23.0 Å². The monoisotopic (exact) mass is 443 g/mol. The summed E-state index contributed by atoms with van der Waals surface area (Å²) in [7, 11) is 0. The van der Waals surface area contributed by atoms with Crippen LogP contribution in [0.3, 0.4) is 0 Å². The SMILES string of the molecule is O=c1[nH]c(O)c([C@@H]2CCc3cc(Oc4ccc(C(F)(F)F)c5ccccc45)ccc32)s1. The summed E-state index contributed by atoms with van der Waals surface area (Å²) in [5, 5.41) is 10.5. The summed E-state index contributed by atoms with van der Waals surface area (Å²) in [5.41, 5.74) is 1.34. The van der Waals surface area contributed by atoms with Gasteiger partial charge in [-0.2, -0.15) is 13.2 Å². The molecule has 31 heavy (non-hydrogen) atoms. The van der Waals surface area contributed by atoms with Crippen LogP contribution in [0.4, 0.5) is 13.2 Å². The minimum atomic E-state index is -4.45. The summed E-state index contributed by atoms with van der Waals surface area (Å²) < 4.78 is 46.0. The van der Waals surface area contributed by atoms with Crippen LogP contribution in [0, 0.1) is 0 Å². The highest BCUT2D eigenvalue weighted by molar-refractivity contribution is 7.09. The molecule has 0 saturated carbocycles. The third-order valence-corrected chi connectivity index (χ3v) is 6.57. The van der Waals surface area contributed by atoms with Gasteiger partial charge in [0, 0.05) is 11.3 Å². The maximum atomic E-state index is 13.4. The van der Waals surface area contributed by atoms with E-state index in [2.05, 4.69) is 4.98 Å². The van der Waals surface area contributed by atoms with Crippen LogP contribution in [0.15, 0.2) is 59.4 Å². The summed E-state index contributed by atoms with van der Waals surface area (Å²) in [6, 6.07) is 14.2. The lowest BCUT2D eigenvalue weighted by Gasteiger charge is -2.15. The van der Waals surface area contributed by atoms with Crippen LogP contribution >= 0.6 is 11.3 Å². The average molecular weight is 443 g/mol. The van der Waals surface area contributed by atoms with E-state index in [4.69, 9.17) is 4.74 Å². The van der Waals surface area contributed by atoms with Crippen LogP contribution in [-0.2, 0) is 12.6 Å². The number of aromatic hydroxyl groups is 1. The summed E-state index contributed by atoms with van der Waals surface area (Å²) in [6.45, 7) is 0. The molecular formula is C23H16F3NO3S. The first-order chi connectivity index (χ1) is 14.8. The minimum Gasteiger partial charge on any atom is -0.494 e. The number of aromatic nitrogens is 1. The van der Waals surface area contributed by atoms with Gasteiger partial charge in [0.1, 0.15) is 11.5 Å². The smallest absolute Gasteiger partial charge is 0.417 e. The topological polar surface area (TPSA) is 62.3 Å². The fraction of sp³-hybridized carbons (Fsp3) is 0.174. The first kappa shape index (κ1) is 19.7. The Morgan fingerprint density at radius 1 is 1.06 bits per heavy atom. The molecule has 1 aliphatic carbocycles. The average Bonchev–Trinajstić information content (AvgIpc) is 3.29. The number of rotatable bonds is 3. The highest BCUT2D eigenvalue weighted by atomic mass is 32.1. The Morgan fingerprint density at radius 3 is 2.55 bits per heavy atom. The van der Waals surface area contributed by atoms with Gasteiger partial charge in [0.25, 0.3) is 0 Å². The zero-order chi connectivity index (χ0) is 21.8. The number of hydrogen-bond acceptors (Lipinski definition) is 4. The third kappa shape index (κ3) is 3.46. The Morgan fingerprint density at radius 2 is 1.84 bits per heavy atom. The molecule has 0 radical (unpaired) electrons. The second-order valence-corrected chi connectivity index (χ2v) is 8.45. The third-order valence-electron chi connectivity index (χ3n) is 5.58. The lowest BCUT2D eigenvalue weighted by atomic mass is 10.00. The molecule has 0 spiro atoms. The van der Waals surface area contributed by atoms with E-state index in [1.54, 1.807) is 24.3 Å². The Labute approximate surface area is 178 Å². The molecule has 1 aromatic heterocycles. The molecule has 5 rings (SSSR count). The van der Waals surface area contributed by atoms with Gasteiger partial charge in [0.2, 0.25) is 5.88 Å². The molecule has 4 nitrogen and oxygen atoms in total. The zero-order valence-electron chi connectivity index (χ0n) is 16.0. The molecule has 0 aliphatic heterocycles. The number of fused-ring (bicyclic) bond motifs is 2. The first-order valence-corrected chi connectivity index (χ1v) is 10.4. The van der Waals surface area contributed by atoms with Crippen molar-refractivity contribution in [2.75, 3.05) is 0 Å². The van der Waals surface area contributed by atoms with Crippen molar-refractivity contribution in [1.82, 2.24) is 4.98 Å². The number of alkyl halides is 3. The molecule has 2 N–H and O–H groups in total. The normalized spacial score (nSPS) is 15.9. The van der Waals surface area contributed by atoms with Gasteiger partial charge >= 0.3 is 11.0 Å². The molecule has 1 aliphatic rings. The maximum absolute atomic E-state index is 13.4. The van der Waals surface area contributed by atoms with E-state index in [9.17, 15) is 23.1 Å². The van der Waals surface area contributed by atoms with Gasteiger partial charge in [-0.25, -0.2) is 0 Å². The van der Waals surface area contributed by atoms with Crippen molar-refractivity contribution in [3.8, 4) is 17.4 Å². The van der Waals surface area contributed by atoms with E-state index in [-0.39, 0.29) is 22.1 Å². The fourth-order valence-corrected chi connectivity index (χ4v) is 5.11. The summed E-state index contributed by atoms with van der Waals surface area (Å²) >= 11 is 1.00. The van der Waals surface area contributed by atoms with Crippen molar-refractivity contribution >= 4 is 22.1 Å². The number of nitrogens with one attached hydrogen (secondary N) is 1. The largest absolute Gasteiger partial charge is 0.494 e. The molecule has 0 unspecified atom stereocenters. The van der Waals surface area contributed by atoms with Crippen molar-refractivity contribution in [1.29, 1.82) is 0 Å². The number of thiazole rings is 1. The molecule has 3 aromatic carbocycles. The lowest BCUT2D eigenvalue weighted by Crippen LogP contribution is -2.05. The molecule has 0 bridgehead atoms. The van der Waals surface area contributed by atoms with Gasteiger partial charge in [-0.15, -0.1) is 0 Å². The van der Waals surface area contributed by atoms with E-state index in [1.807, 2.05) is 12.1 Å². The van der Waals surface area contributed by atoms with Crippen molar-refractivity contribution in [3.63, 3.8) is 0 Å². The summed E-state index contributed by atoms with van der Waals surface area (Å²) in [5.74, 6) is 0.708. The number of hydrogen-bond donors (Lipinski definition) is 2. The second-order valence-electron chi connectivity index (χ2n) is 7.44. The minimum absolute atomic E-state index is 0.0695. The van der Waals surface area contributed by atoms with E-state index in [1.165, 1.54) is 12.1 Å². The molecule has 0 amide bonds. The summed E-state index contributed by atoms with van der Waals surface area (Å²) in [6.07, 6.45) is -2.95. The molecule has 0 fully saturated rings. The van der Waals surface area contributed by atoms with E-state index in [0.29, 0.717) is 21.8 Å². The predicted octanol–water partition coefficient (Wildman–Crippen LogP) is 6.18. The Bertz CT molecular complexity index is 1360. The van der Waals surface area contributed by atoms with Gasteiger partial charge < -0.3 is 9.84 Å². The quantitative estimate of drug-likeness (QED) is 0.397. The Kier molecular flexibility index (Phi) is 4.55. The van der Waals surface area contributed by atoms with Gasteiger partial charge in [-0.3, -0.25) is 9.78 Å². The number of halogens is 3. The van der Waals surface area contributed by atoms with Crippen LogP contribution in [0.2, 0.25) is 0 Å². The van der Waals surface area contributed by atoms with Crippen molar-refractivity contribution in [2.45, 2.75) is 24.9 Å². The van der Waals surface area contributed by atoms with Crippen LogP contribution in [0.25, 0.3) is 10.8 Å². The van der Waals surface area contributed by atoms with Crippen molar-refractivity contribution in [2.24, 2.45) is 0 Å². The lowest BCUT2D eigenvalue weighted by molar-refractivity contribution is -0.136. The van der Waals surface area contributed by atoms with E-state index < -0.39 is 11.7 Å². The molecule has 1 atom stereocenters. The first-order valence-electron chi connectivity index (χ1n) is 9.63. The second kappa shape index (κ2) is 7.16. The number of ether oxygens (including phenoxy) is 1. The highest BCUT2D eigenvalue weighted by Gasteiger charge is 2.33. The van der Waals surface area contributed by atoms with E-state index >= 15 is 0 Å². The molecule has 0 saturated heterocycles. The van der Waals surface area contributed by atoms with Crippen LogP contribution in [-0.4, -0.2) is 10.1 Å². The van der Waals surface area contributed by atoms with E-state index in [0.717, 1.165) is 41.4 Å². The van der Waals surface area contributed by atoms with Crippen LogP contribution < -0.4 is 9.61 Å². The number of H-pyrrole nitrogens is 1. The standard InChI is InChI=1S/C23H16F3NO3S/c24-23(25,26)18-9-10-19(16-4-2-1-3-15(16)18)30-13-6-8-14-12(11-13)5-7-17(14)20-21(28)27-22(29)31-20/h1-4,6,8-11,17,28H,5,7H2,(H,27,29)/t17-/m1/s1. The van der Waals surface area contributed by atoms with Gasteiger partial charge in [-0.05, 0) is 53.6 Å². The number of aromatic amines is 1. The number of aryl methyl sites for hydroxylation is 1. The van der Waals surface area contributed by atoms with Gasteiger partial charge in [0.05, 0.1) is 10.4 Å². The summed E-state index contributed by atoms with van der Waals surface area (Å²) in [4.78, 5) is 14.3. The molecular weight excluding hydrogens is 427 g/mol. The van der Waals surface area contributed by atoms with Crippen molar-refractivity contribution in [3.05, 3.63) is 85.8 Å². The fourth-order valence-electron chi connectivity index (χ4n) is 4.23. The predicted molar refractivity (Wildman–Crippen MR) is 112 cm³/mol. The zero-order valence-corrected chi connectivity index (χ0v) is 16.8. The Hall–Kier alpha value is -3.26. The Balaban J connectivity index is 1.49.